The summed E-state index contributed by atoms with van der Waals surface area (Å²) < 4.78 is 31.2. The molecule has 2 N–H and O–H groups in total. The lowest BCUT2D eigenvalue weighted by Gasteiger charge is -2.11. The zero-order chi connectivity index (χ0) is 18.2. The number of rotatable bonds is 5. The largest absolute Gasteiger partial charge is 0.465 e. The molecule has 0 radical (unpaired) electrons. The Hall–Kier alpha value is -1.89. The Morgan fingerprint density at radius 2 is 1.88 bits per heavy atom. The molecule has 0 amide bonds. The fourth-order valence-electron chi connectivity index (χ4n) is 3.22. The molecule has 0 aromatic heterocycles. The molecule has 5 nitrogen and oxygen atoms in total. The van der Waals surface area contributed by atoms with E-state index in [0.29, 0.717) is 10.6 Å². The van der Waals surface area contributed by atoms with Crippen LogP contribution in [0.4, 0.5) is 0 Å². The van der Waals surface area contributed by atoms with E-state index in [2.05, 4.69) is 0 Å². The third-order valence-electron chi connectivity index (χ3n) is 4.42. The van der Waals surface area contributed by atoms with Gasteiger partial charge in [-0.2, -0.15) is 0 Å². The van der Waals surface area contributed by atoms with Crippen LogP contribution in [-0.4, -0.2) is 31.8 Å². The minimum atomic E-state index is -3.82. The molecule has 132 valence electrons. The summed E-state index contributed by atoms with van der Waals surface area (Å²) in [5.41, 5.74) is 5.25. The number of halogens is 1. The quantitative estimate of drug-likeness (QED) is 0.807. The van der Waals surface area contributed by atoms with E-state index >= 15 is 0 Å². The highest BCUT2D eigenvalue weighted by molar-refractivity contribution is 7.92. The minimum absolute atomic E-state index is 0.123. The normalized spacial score (nSPS) is 25.4. The van der Waals surface area contributed by atoms with E-state index in [4.69, 9.17) is 22.1 Å². The first-order valence-electron chi connectivity index (χ1n) is 7.84. The van der Waals surface area contributed by atoms with Crippen LogP contribution >= 0.6 is 11.6 Å². The maximum Gasteiger partial charge on any atom is 0.328 e. The first kappa shape index (κ1) is 17.9. The van der Waals surface area contributed by atoms with E-state index in [0.717, 1.165) is 0 Å². The third kappa shape index (κ3) is 2.94. The predicted octanol–water partition coefficient (Wildman–Crippen LogP) is 2.54. The van der Waals surface area contributed by atoms with Crippen molar-refractivity contribution in [2.75, 3.05) is 6.61 Å². The van der Waals surface area contributed by atoms with Crippen LogP contribution in [0, 0.1) is 0 Å². The summed E-state index contributed by atoms with van der Waals surface area (Å²) >= 11 is 6.02. The van der Waals surface area contributed by atoms with E-state index in [9.17, 15) is 13.2 Å². The van der Waals surface area contributed by atoms with E-state index in [1.807, 2.05) is 0 Å². The van der Waals surface area contributed by atoms with Crippen molar-refractivity contribution in [3.8, 4) is 0 Å². The highest BCUT2D eigenvalue weighted by atomic mass is 35.5. The fourth-order valence-corrected chi connectivity index (χ4v) is 5.66. The van der Waals surface area contributed by atoms with Crippen LogP contribution in [0.5, 0.6) is 0 Å². The molecular weight excluding hydrogens is 362 g/mol. The average molecular weight is 380 g/mol. The van der Waals surface area contributed by atoms with Gasteiger partial charge in [-0.3, -0.25) is 0 Å². The third-order valence-corrected chi connectivity index (χ3v) is 6.92. The zero-order valence-electron chi connectivity index (χ0n) is 13.6. The summed E-state index contributed by atoms with van der Waals surface area (Å²) in [6.45, 7) is 1.77. The summed E-state index contributed by atoms with van der Waals surface area (Å²) in [7, 11) is -3.82. The highest BCUT2D eigenvalue weighted by Gasteiger charge is 2.74. The second kappa shape index (κ2) is 6.44. The summed E-state index contributed by atoms with van der Waals surface area (Å²) in [5, 5.41) is -0.647. The molecule has 1 aliphatic carbocycles. The van der Waals surface area contributed by atoms with Gasteiger partial charge in [-0.25, -0.2) is 13.2 Å². The average Bonchev–Trinajstić information content (AvgIpc) is 3.24. The standard InChI is InChI=1S/C18H18ClNO4S/c1-2-24-17(21)18(20)15(12-7-6-8-13(19)11-12)16(18)25(22,23)14-9-4-3-5-10-14/h3-11,15-16H,2,20H2,1H3/t15-,16+,18-/m0/s1. The van der Waals surface area contributed by atoms with Crippen LogP contribution in [0.1, 0.15) is 18.4 Å². The van der Waals surface area contributed by atoms with Crippen LogP contribution in [0.25, 0.3) is 0 Å². The van der Waals surface area contributed by atoms with Crippen molar-refractivity contribution >= 4 is 27.4 Å². The van der Waals surface area contributed by atoms with Crippen LogP contribution in [0.3, 0.4) is 0 Å². The maximum absolute atomic E-state index is 13.1. The molecule has 1 fully saturated rings. The van der Waals surface area contributed by atoms with E-state index in [-0.39, 0.29) is 11.5 Å². The van der Waals surface area contributed by atoms with Gasteiger partial charge in [0, 0.05) is 10.9 Å². The molecule has 25 heavy (non-hydrogen) atoms. The van der Waals surface area contributed by atoms with Gasteiger partial charge in [0.1, 0.15) is 10.8 Å². The Morgan fingerprint density at radius 1 is 1.20 bits per heavy atom. The number of ether oxygens (including phenoxy) is 1. The highest BCUT2D eigenvalue weighted by Crippen LogP contribution is 2.56. The molecule has 7 heteroatoms. The monoisotopic (exact) mass is 379 g/mol. The van der Waals surface area contributed by atoms with Gasteiger partial charge in [-0.15, -0.1) is 0 Å². The molecule has 0 spiro atoms. The Labute approximate surface area is 151 Å². The molecule has 1 saturated carbocycles. The lowest BCUT2D eigenvalue weighted by molar-refractivity contribution is -0.145. The minimum Gasteiger partial charge on any atom is -0.465 e. The summed E-state index contributed by atoms with van der Waals surface area (Å²) in [6.07, 6.45) is 0. The predicted molar refractivity (Wildman–Crippen MR) is 95.2 cm³/mol. The van der Waals surface area contributed by atoms with E-state index < -0.39 is 32.5 Å². The van der Waals surface area contributed by atoms with Gasteiger partial charge in [-0.05, 0) is 36.8 Å². The number of benzene rings is 2. The Bertz CT molecular complexity index is 900. The molecule has 3 atom stereocenters. The van der Waals surface area contributed by atoms with E-state index in [1.54, 1.807) is 49.4 Å². The number of hydrogen-bond donors (Lipinski definition) is 1. The molecule has 0 saturated heterocycles. The number of hydrogen-bond acceptors (Lipinski definition) is 5. The lowest BCUT2D eigenvalue weighted by atomic mass is 10.1. The maximum atomic E-state index is 13.1. The van der Waals surface area contributed by atoms with Gasteiger partial charge >= 0.3 is 5.97 Å². The topological polar surface area (TPSA) is 86.5 Å². The Morgan fingerprint density at radius 3 is 2.48 bits per heavy atom. The van der Waals surface area contributed by atoms with Gasteiger partial charge in [0.05, 0.1) is 11.5 Å². The summed E-state index contributed by atoms with van der Waals surface area (Å²) in [6, 6.07) is 14.7. The summed E-state index contributed by atoms with van der Waals surface area (Å²) in [5.74, 6) is -1.43. The van der Waals surface area contributed by atoms with Gasteiger partial charge in [0.15, 0.2) is 9.84 Å². The van der Waals surface area contributed by atoms with Gasteiger partial charge in [0.25, 0.3) is 0 Å². The number of sulfone groups is 1. The van der Waals surface area contributed by atoms with Crippen molar-refractivity contribution in [2.45, 2.75) is 28.5 Å². The van der Waals surface area contributed by atoms with Crippen LogP contribution in [0.2, 0.25) is 5.02 Å². The first-order valence-corrected chi connectivity index (χ1v) is 9.76. The van der Waals surface area contributed by atoms with E-state index in [1.165, 1.54) is 12.1 Å². The van der Waals surface area contributed by atoms with Crippen molar-refractivity contribution < 1.29 is 17.9 Å². The van der Waals surface area contributed by atoms with Crippen LogP contribution < -0.4 is 5.73 Å². The van der Waals surface area contributed by atoms with Crippen LogP contribution in [0.15, 0.2) is 59.5 Å². The second-order valence-electron chi connectivity index (χ2n) is 5.96. The SMILES string of the molecule is CCOC(=O)[C@@]1(N)[C@H](S(=O)(=O)c2ccccc2)[C@@H]1c1cccc(Cl)c1. The second-order valence-corrected chi connectivity index (χ2v) is 8.47. The molecule has 1 aliphatic rings. The lowest BCUT2D eigenvalue weighted by Crippen LogP contribution is -2.41. The molecule has 0 aliphatic heterocycles. The zero-order valence-corrected chi connectivity index (χ0v) is 15.1. The van der Waals surface area contributed by atoms with Crippen molar-refractivity contribution in [2.24, 2.45) is 5.73 Å². The van der Waals surface area contributed by atoms with Gasteiger partial charge < -0.3 is 10.5 Å². The van der Waals surface area contributed by atoms with Gasteiger partial charge in [-0.1, -0.05) is 41.9 Å². The molecular formula is C18H18ClNO4S. The number of nitrogens with two attached hydrogens (primary N) is 1. The smallest absolute Gasteiger partial charge is 0.328 e. The molecule has 2 aromatic carbocycles. The summed E-state index contributed by atoms with van der Waals surface area (Å²) in [4.78, 5) is 12.6. The molecule has 3 rings (SSSR count). The Balaban J connectivity index is 2.08. The van der Waals surface area contributed by atoms with Crippen molar-refractivity contribution in [3.05, 3.63) is 65.2 Å². The molecule has 0 heterocycles. The van der Waals surface area contributed by atoms with Crippen LogP contribution in [-0.2, 0) is 19.4 Å². The van der Waals surface area contributed by atoms with Crippen molar-refractivity contribution in [3.63, 3.8) is 0 Å². The molecule has 0 unspecified atom stereocenters. The van der Waals surface area contributed by atoms with Gasteiger partial charge in [0.2, 0.25) is 0 Å². The van der Waals surface area contributed by atoms with Crippen molar-refractivity contribution in [1.82, 2.24) is 0 Å². The Kier molecular flexibility index (Phi) is 4.62. The number of carbonyl (C=O) groups excluding carboxylic acids is 1. The molecule has 2 aromatic rings. The van der Waals surface area contributed by atoms with Crippen molar-refractivity contribution in [1.29, 1.82) is 0 Å². The first-order chi connectivity index (χ1) is 11.8. The number of esters is 1. The fraction of sp³-hybridized carbons (Fsp3) is 0.278. The molecule has 0 bridgehead atoms. The number of carbonyl (C=O) groups is 1.